The average molecular weight is 306 g/mol. The maximum absolute atomic E-state index is 12.0. The maximum atomic E-state index is 12.0. The average Bonchev–Trinajstić information content (AvgIpc) is 2.45. The largest absolute Gasteiger partial charge is 0.319 e. The topological polar surface area (TPSA) is 35.5 Å². The Morgan fingerprint density at radius 2 is 1.15 bits per heavy atom. The van der Waals surface area contributed by atoms with Gasteiger partial charge in [0.25, 0.3) is 0 Å². The van der Waals surface area contributed by atoms with E-state index in [1.807, 2.05) is 0 Å². The van der Waals surface area contributed by atoms with E-state index in [4.69, 9.17) is 9.05 Å². The molecule has 0 aliphatic heterocycles. The van der Waals surface area contributed by atoms with E-state index in [9.17, 15) is 4.57 Å². The molecular formula is C16H35O3P. The molecule has 0 amide bonds. The van der Waals surface area contributed by atoms with Crippen molar-refractivity contribution >= 4 is 8.25 Å². The first kappa shape index (κ1) is 20.1. The van der Waals surface area contributed by atoms with Crippen molar-refractivity contribution in [2.24, 2.45) is 0 Å². The van der Waals surface area contributed by atoms with Gasteiger partial charge in [0.2, 0.25) is 0 Å². The van der Waals surface area contributed by atoms with E-state index in [-0.39, 0.29) is 12.2 Å². The highest BCUT2D eigenvalue weighted by atomic mass is 31.1. The zero-order valence-electron chi connectivity index (χ0n) is 14.0. The van der Waals surface area contributed by atoms with Crippen LogP contribution in [0.1, 0.15) is 91.9 Å². The number of rotatable bonds is 14. The summed E-state index contributed by atoms with van der Waals surface area (Å²) in [4.78, 5) is 0. The van der Waals surface area contributed by atoms with Crippen molar-refractivity contribution < 1.29 is 13.6 Å². The smallest absolute Gasteiger partial charge is 0.307 e. The minimum atomic E-state index is -2.33. The summed E-state index contributed by atoms with van der Waals surface area (Å²) in [5.74, 6) is 0. The molecule has 3 nitrogen and oxygen atoms in total. The molecule has 0 saturated heterocycles. The zero-order chi connectivity index (χ0) is 15.2. The number of hydrogen-bond donors (Lipinski definition) is 0. The third-order valence-corrected chi connectivity index (χ3v) is 4.75. The second-order valence-electron chi connectivity index (χ2n) is 5.54. The lowest BCUT2D eigenvalue weighted by Gasteiger charge is -2.19. The zero-order valence-corrected chi connectivity index (χ0v) is 15.0. The Morgan fingerprint density at radius 3 is 1.45 bits per heavy atom. The van der Waals surface area contributed by atoms with Gasteiger partial charge in [-0.25, -0.2) is 0 Å². The van der Waals surface area contributed by atoms with Gasteiger partial charge < -0.3 is 9.05 Å². The van der Waals surface area contributed by atoms with Crippen LogP contribution in [0.3, 0.4) is 0 Å². The minimum Gasteiger partial charge on any atom is -0.307 e. The van der Waals surface area contributed by atoms with Crippen LogP contribution in [0.15, 0.2) is 0 Å². The summed E-state index contributed by atoms with van der Waals surface area (Å²) in [5.41, 5.74) is 0. The monoisotopic (exact) mass is 306 g/mol. The van der Waals surface area contributed by atoms with Crippen LogP contribution in [-0.2, 0) is 13.6 Å². The van der Waals surface area contributed by atoms with E-state index >= 15 is 0 Å². The molecule has 122 valence electrons. The molecule has 20 heavy (non-hydrogen) atoms. The van der Waals surface area contributed by atoms with Crippen LogP contribution in [0.5, 0.6) is 0 Å². The lowest BCUT2D eigenvalue weighted by Crippen LogP contribution is -2.12. The molecule has 0 aliphatic rings. The van der Waals surface area contributed by atoms with Crippen molar-refractivity contribution in [3.8, 4) is 0 Å². The fraction of sp³-hybridized carbons (Fsp3) is 1.00. The molecule has 0 bridgehead atoms. The van der Waals surface area contributed by atoms with Gasteiger partial charge in [-0.1, -0.05) is 66.2 Å². The molecule has 0 saturated carbocycles. The molecule has 0 aromatic carbocycles. The lowest BCUT2D eigenvalue weighted by atomic mass is 10.1. The predicted molar refractivity (Wildman–Crippen MR) is 87.6 cm³/mol. The van der Waals surface area contributed by atoms with Crippen LogP contribution in [0.25, 0.3) is 0 Å². The van der Waals surface area contributed by atoms with E-state index < -0.39 is 8.25 Å². The van der Waals surface area contributed by atoms with E-state index in [1.165, 1.54) is 25.7 Å². The highest BCUT2D eigenvalue weighted by Gasteiger charge is 2.15. The summed E-state index contributed by atoms with van der Waals surface area (Å²) in [7, 11) is -2.33. The molecule has 0 heterocycles. The van der Waals surface area contributed by atoms with E-state index in [1.54, 1.807) is 0 Å². The molecule has 0 rings (SSSR count). The van der Waals surface area contributed by atoms with Gasteiger partial charge in [0.15, 0.2) is 0 Å². The van der Waals surface area contributed by atoms with Crippen molar-refractivity contribution in [3.63, 3.8) is 0 Å². The van der Waals surface area contributed by atoms with Crippen molar-refractivity contribution in [2.45, 2.75) is 104 Å². The van der Waals surface area contributed by atoms with Gasteiger partial charge >= 0.3 is 8.25 Å². The van der Waals surface area contributed by atoms with Crippen LogP contribution >= 0.6 is 8.25 Å². The first-order chi connectivity index (χ1) is 9.67. The second kappa shape index (κ2) is 14.1. The third-order valence-electron chi connectivity index (χ3n) is 3.70. The number of hydrogen-bond acceptors (Lipinski definition) is 3. The summed E-state index contributed by atoms with van der Waals surface area (Å²) in [5, 5.41) is 0. The molecular weight excluding hydrogens is 271 g/mol. The predicted octanol–water partition coefficient (Wildman–Crippen LogP) is 6.13. The van der Waals surface area contributed by atoms with E-state index in [0.717, 1.165) is 38.5 Å². The quantitative estimate of drug-likeness (QED) is 0.286. The van der Waals surface area contributed by atoms with Gasteiger partial charge in [0.05, 0.1) is 12.2 Å². The minimum absolute atomic E-state index is 0.0982. The highest BCUT2D eigenvalue weighted by molar-refractivity contribution is 7.33. The van der Waals surface area contributed by atoms with E-state index in [2.05, 4.69) is 27.7 Å². The lowest BCUT2D eigenvalue weighted by molar-refractivity contribution is 0.114. The second-order valence-corrected chi connectivity index (χ2v) is 6.51. The van der Waals surface area contributed by atoms with E-state index in [0.29, 0.717) is 0 Å². The Labute approximate surface area is 126 Å². The Hall–Kier alpha value is 0.150. The summed E-state index contributed by atoms with van der Waals surface area (Å²) in [6, 6.07) is 0. The van der Waals surface area contributed by atoms with Gasteiger partial charge in [0, 0.05) is 0 Å². The molecule has 0 N–H and O–H groups in total. The van der Waals surface area contributed by atoms with Gasteiger partial charge in [0.1, 0.15) is 0 Å². The Morgan fingerprint density at radius 1 is 0.750 bits per heavy atom. The van der Waals surface area contributed by atoms with Gasteiger partial charge in [-0.3, -0.25) is 4.57 Å². The van der Waals surface area contributed by atoms with Gasteiger partial charge in [-0.05, 0) is 25.7 Å². The van der Waals surface area contributed by atoms with Gasteiger partial charge in [-0.15, -0.1) is 0 Å². The first-order valence-electron chi connectivity index (χ1n) is 8.55. The summed E-state index contributed by atoms with van der Waals surface area (Å²) < 4.78 is 23.2. The highest BCUT2D eigenvalue weighted by Crippen LogP contribution is 2.32. The van der Waals surface area contributed by atoms with Crippen molar-refractivity contribution in [3.05, 3.63) is 0 Å². The van der Waals surface area contributed by atoms with Crippen molar-refractivity contribution in [1.82, 2.24) is 0 Å². The first-order valence-corrected chi connectivity index (χ1v) is 9.77. The van der Waals surface area contributed by atoms with Gasteiger partial charge in [-0.2, -0.15) is 0 Å². The van der Waals surface area contributed by atoms with Crippen LogP contribution in [0.4, 0.5) is 0 Å². The standard InChI is InChI=1S/C16H35O3P/c1-5-9-11-13-15(7-3)18-20(17)19-16(8-4)14-12-10-6-2/h15-16,20H,5-14H2,1-4H3. The Kier molecular flexibility index (Phi) is 14.2. The Bertz CT molecular complexity index is 212. The fourth-order valence-electron chi connectivity index (χ4n) is 2.24. The van der Waals surface area contributed by atoms with Crippen LogP contribution < -0.4 is 0 Å². The third kappa shape index (κ3) is 10.9. The SMILES string of the molecule is CCCCCC(CC)O[PH](=O)OC(CC)CCCCC. The van der Waals surface area contributed by atoms with Crippen LogP contribution in [0.2, 0.25) is 0 Å². The van der Waals surface area contributed by atoms with Crippen molar-refractivity contribution in [1.29, 1.82) is 0 Å². The summed E-state index contributed by atoms with van der Waals surface area (Å²) >= 11 is 0. The molecule has 0 fully saturated rings. The fourth-order valence-corrected chi connectivity index (χ4v) is 3.41. The molecule has 4 heteroatoms. The summed E-state index contributed by atoms with van der Waals surface area (Å²) in [6.45, 7) is 8.56. The molecule has 0 aromatic heterocycles. The summed E-state index contributed by atoms with van der Waals surface area (Å²) in [6.07, 6.45) is 11.2. The van der Waals surface area contributed by atoms with Crippen LogP contribution in [0, 0.1) is 0 Å². The maximum Gasteiger partial charge on any atom is 0.319 e. The molecule has 0 radical (unpaired) electrons. The molecule has 0 spiro atoms. The molecule has 0 aromatic rings. The normalized spacial score (nSPS) is 16.0. The number of unbranched alkanes of at least 4 members (excludes halogenated alkanes) is 4. The molecule has 2 unspecified atom stereocenters. The van der Waals surface area contributed by atoms with Crippen molar-refractivity contribution in [2.75, 3.05) is 0 Å². The Balaban J connectivity index is 3.96. The molecule has 2 atom stereocenters. The molecule has 0 aliphatic carbocycles. The van der Waals surface area contributed by atoms with Crippen LogP contribution in [-0.4, -0.2) is 12.2 Å².